The van der Waals surface area contributed by atoms with Gasteiger partial charge in [-0.05, 0) is 37.3 Å². The molecule has 0 aliphatic heterocycles. The number of hydrogen-bond acceptors (Lipinski definition) is 7. The summed E-state index contributed by atoms with van der Waals surface area (Å²) in [5.41, 5.74) is -1.21. The van der Waals surface area contributed by atoms with Crippen LogP contribution in [0.1, 0.15) is 12.5 Å². The maximum absolute atomic E-state index is 12.8. The smallest absolute Gasteiger partial charge is 0.416 e. The molecule has 0 atom stereocenters. The number of hydrogen-bond donors (Lipinski definition) is 1. The zero-order valence-electron chi connectivity index (χ0n) is 16.5. The van der Waals surface area contributed by atoms with Gasteiger partial charge < -0.3 is 14.5 Å². The summed E-state index contributed by atoms with van der Waals surface area (Å²) in [5, 5.41) is 10.6. The van der Waals surface area contributed by atoms with Gasteiger partial charge in [0.15, 0.2) is 23.3 Å². The number of thioether (sulfide) groups is 1. The van der Waals surface area contributed by atoms with Gasteiger partial charge in [0, 0.05) is 6.54 Å². The third-order valence-electron chi connectivity index (χ3n) is 4.03. The van der Waals surface area contributed by atoms with Crippen molar-refractivity contribution in [1.29, 1.82) is 0 Å². The second-order valence-electron chi connectivity index (χ2n) is 6.22. The molecule has 0 radical (unpaired) electrons. The number of ether oxygens (including phenoxy) is 1. The van der Waals surface area contributed by atoms with E-state index >= 15 is 0 Å². The summed E-state index contributed by atoms with van der Waals surface area (Å²) in [4.78, 5) is 24.0. The first-order valence-corrected chi connectivity index (χ1v) is 10.5. The normalized spacial score (nSPS) is 11.4. The lowest BCUT2D eigenvalue weighted by Gasteiger charge is -2.12. The predicted molar refractivity (Wildman–Crippen MR) is 110 cm³/mol. The Balaban J connectivity index is 1.52. The van der Waals surface area contributed by atoms with Crippen LogP contribution in [-0.2, 0) is 27.0 Å². The summed E-state index contributed by atoms with van der Waals surface area (Å²) < 4.78 is 50.4. The molecule has 13 heteroatoms. The van der Waals surface area contributed by atoms with E-state index in [9.17, 15) is 22.8 Å². The Labute approximate surface area is 189 Å². The van der Waals surface area contributed by atoms with Crippen molar-refractivity contribution in [3.8, 4) is 11.6 Å². The summed E-state index contributed by atoms with van der Waals surface area (Å²) in [7, 11) is 0. The number of aromatic nitrogens is 3. The first-order valence-electron chi connectivity index (χ1n) is 9.11. The molecule has 1 amide bonds. The third-order valence-corrected chi connectivity index (χ3v) is 5.30. The van der Waals surface area contributed by atoms with Crippen molar-refractivity contribution in [3.63, 3.8) is 0 Å². The molecule has 0 saturated carbocycles. The Morgan fingerprint density at radius 2 is 2.06 bits per heavy atom. The Morgan fingerprint density at radius 3 is 2.72 bits per heavy atom. The van der Waals surface area contributed by atoms with Crippen molar-refractivity contribution >= 4 is 40.9 Å². The molecular weight excluding hydrogens is 473 g/mol. The van der Waals surface area contributed by atoms with E-state index < -0.39 is 30.2 Å². The van der Waals surface area contributed by atoms with Gasteiger partial charge in [0.25, 0.3) is 5.91 Å². The Morgan fingerprint density at radius 1 is 1.28 bits per heavy atom. The van der Waals surface area contributed by atoms with Gasteiger partial charge in [-0.2, -0.15) is 13.2 Å². The van der Waals surface area contributed by atoms with Gasteiger partial charge in [-0.3, -0.25) is 14.2 Å². The fourth-order valence-corrected chi connectivity index (χ4v) is 3.53. The summed E-state index contributed by atoms with van der Waals surface area (Å²) in [6.07, 6.45) is -3.09. The molecule has 0 bridgehead atoms. The molecule has 0 spiro atoms. The molecule has 3 rings (SSSR count). The highest BCUT2D eigenvalue weighted by atomic mass is 35.5. The highest BCUT2D eigenvalue weighted by molar-refractivity contribution is 7.99. The largest absolute Gasteiger partial charge is 0.461 e. The second-order valence-corrected chi connectivity index (χ2v) is 7.57. The summed E-state index contributed by atoms with van der Waals surface area (Å²) in [5.74, 6) is -0.676. The molecule has 32 heavy (non-hydrogen) atoms. The fraction of sp³-hybridized carbons (Fsp3) is 0.263. The number of esters is 1. The minimum absolute atomic E-state index is 0.0838. The number of nitrogens with one attached hydrogen (secondary N) is 1. The Kier molecular flexibility index (Phi) is 7.46. The number of rotatable bonds is 8. The molecule has 170 valence electrons. The van der Waals surface area contributed by atoms with Crippen LogP contribution in [0, 0.1) is 0 Å². The number of anilines is 1. The highest BCUT2D eigenvalue weighted by Gasteiger charge is 2.31. The van der Waals surface area contributed by atoms with Gasteiger partial charge in [-0.1, -0.05) is 23.4 Å². The van der Waals surface area contributed by atoms with Crippen LogP contribution in [-0.4, -0.2) is 39.0 Å². The first-order chi connectivity index (χ1) is 15.2. The SMILES string of the molecule is CCn1c(SCC(=O)OCC(=O)Nc2cc(C(F)(F)F)ccc2Cl)nnc1-c1ccco1. The van der Waals surface area contributed by atoms with Crippen LogP contribution in [0.3, 0.4) is 0 Å². The fourth-order valence-electron chi connectivity index (χ4n) is 2.56. The van der Waals surface area contributed by atoms with Crippen LogP contribution in [0.2, 0.25) is 5.02 Å². The zero-order valence-corrected chi connectivity index (χ0v) is 18.1. The average molecular weight is 489 g/mol. The van der Waals surface area contributed by atoms with E-state index in [2.05, 4.69) is 15.5 Å². The monoisotopic (exact) mass is 488 g/mol. The highest BCUT2D eigenvalue weighted by Crippen LogP contribution is 2.33. The minimum atomic E-state index is -4.59. The van der Waals surface area contributed by atoms with Crippen molar-refractivity contribution < 1.29 is 31.9 Å². The number of furan rings is 1. The van der Waals surface area contributed by atoms with Crippen molar-refractivity contribution in [2.24, 2.45) is 0 Å². The standard InChI is InChI=1S/C19H16ClF3N4O4S/c1-2-27-17(14-4-3-7-30-14)25-26-18(27)32-10-16(29)31-9-15(28)24-13-8-11(19(21,22)23)5-6-12(13)20/h3-8H,2,9-10H2,1H3,(H,24,28). The molecule has 2 heterocycles. The number of benzene rings is 1. The number of carbonyl (C=O) groups excluding carboxylic acids is 2. The maximum Gasteiger partial charge on any atom is 0.416 e. The van der Waals surface area contributed by atoms with Crippen molar-refractivity contribution in [1.82, 2.24) is 14.8 Å². The van der Waals surface area contributed by atoms with E-state index in [4.69, 9.17) is 20.8 Å². The second kappa shape index (κ2) is 10.1. The molecule has 0 aliphatic carbocycles. The molecule has 1 N–H and O–H groups in total. The summed E-state index contributed by atoms with van der Waals surface area (Å²) in [6, 6.07) is 5.96. The lowest BCUT2D eigenvalue weighted by atomic mass is 10.2. The molecule has 8 nitrogen and oxygen atoms in total. The molecule has 1 aromatic carbocycles. The molecule has 3 aromatic rings. The van der Waals surface area contributed by atoms with Crippen LogP contribution in [0.15, 0.2) is 46.2 Å². The molecule has 0 aliphatic rings. The zero-order chi connectivity index (χ0) is 23.3. The van der Waals surface area contributed by atoms with Gasteiger partial charge >= 0.3 is 12.1 Å². The number of alkyl halides is 3. The molecular formula is C19H16ClF3N4O4S. The van der Waals surface area contributed by atoms with Gasteiger partial charge in [0.05, 0.1) is 28.3 Å². The van der Waals surface area contributed by atoms with Gasteiger partial charge in [0.2, 0.25) is 0 Å². The molecule has 2 aromatic heterocycles. The minimum Gasteiger partial charge on any atom is -0.461 e. The van der Waals surface area contributed by atoms with E-state index in [1.54, 1.807) is 16.7 Å². The molecule has 0 unspecified atom stereocenters. The quantitative estimate of drug-likeness (QED) is 0.368. The number of halogens is 4. The lowest BCUT2D eigenvalue weighted by molar-refractivity contribution is -0.144. The van der Waals surface area contributed by atoms with Crippen LogP contribution in [0.5, 0.6) is 0 Å². The molecule has 0 saturated heterocycles. The van der Waals surface area contributed by atoms with Crippen molar-refractivity contribution in [2.75, 3.05) is 17.7 Å². The van der Waals surface area contributed by atoms with Crippen LogP contribution in [0.25, 0.3) is 11.6 Å². The average Bonchev–Trinajstić information content (AvgIpc) is 3.40. The van der Waals surface area contributed by atoms with Gasteiger partial charge in [0.1, 0.15) is 0 Å². The van der Waals surface area contributed by atoms with E-state index in [1.807, 2.05) is 6.92 Å². The van der Waals surface area contributed by atoms with E-state index in [-0.39, 0.29) is 16.5 Å². The topological polar surface area (TPSA) is 99.2 Å². The number of nitrogens with zero attached hydrogens (tertiary/aromatic N) is 3. The summed E-state index contributed by atoms with van der Waals surface area (Å²) in [6.45, 7) is 1.71. The van der Waals surface area contributed by atoms with Crippen LogP contribution in [0.4, 0.5) is 18.9 Å². The van der Waals surface area contributed by atoms with Crippen molar-refractivity contribution in [3.05, 3.63) is 47.2 Å². The molecule has 0 fully saturated rings. The third kappa shape index (κ3) is 5.82. The van der Waals surface area contributed by atoms with Gasteiger partial charge in [-0.25, -0.2) is 0 Å². The Hall–Kier alpha value is -2.99. The van der Waals surface area contributed by atoms with Crippen LogP contribution >= 0.6 is 23.4 Å². The van der Waals surface area contributed by atoms with Crippen LogP contribution < -0.4 is 5.32 Å². The lowest BCUT2D eigenvalue weighted by Crippen LogP contribution is -2.22. The predicted octanol–water partition coefficient (Wildman–Crippen LogP) is 4.50. The number of amides is 1. The first kappa shape index (κ1) is 23.7. The Bertz CT molecular complexity index is 1100. The summed E-state index contributed by atoms with van der Waals surface area (Å²) >= 11 is 6.88. The van der Waals surface area contributed by atoms with E-state index in [0.717, 1.165) is 23.9 Å². The van der Waals surface area contributed by atoms with E-state index in [1.165, 1.54) is 6.26 Å². The van der Waals surface area contributed by atoms with Crippen molar-refractivity contribution in [2.45, 2.75) is 24.8 Å². The van der Waals surface area contributed by atoms with E-state index in [0.29, 0.717) is 29.4 Å². The van der Waals surface area contributed by atoms with Gasteiger partial charge in [-0.15, -0.1) is 10.2 Å². The number of carbonyl (C=O) groups is 2. The maximum atomic E-state index is 12.8.